The fraction of sp³-hybridized carbons (Fsp3) is 1.00. The minimum atomic E-state index is 0.735. The predicted octanol–water partition coefficient (Wildman–Crippen LogP) is 2.81. The fourth-order valence-corrected chi connectivity index (χ4v) is 15.1. The lowest BCUT2D eigenvalue weighted by Gasteiger charge is -1.65. The summed E-state index contributed by atoms with van der Waals surface area (Å²) < 4.78 is 0. The molecule has 0 aromatic carbocycles. The van der Waals surface area contributed by atoms with Crippen LogP contribution >= 0.6 is 29.9 Å². The summed E-state index contributed by atoms with van der Waals surface area (Å²) in [7, 11) is 4.17. The second kappa shape index (κ2) is 1.86. The van der Waals surface area contributed by atoms with Crippen LogP contribution in [0.15, 0.2) is 0 Å². The van der Waals surface area contributed by atoms with E-state index in [1.807, 2.05) is 0 Å². The molecule has 0 amide bonds. The highest BCUT2D eigenvalue weighted by Crippen LogP contribution is 2.75. The molecular weight excluding hydrogens is 136 g/mol. The molecule has 3 atom stereocenters. The van der Waals surface area contributed by atoms with Crippen molar-refractivity contribution < 1.29 is 0 Å². The van der Waals surface area contributed by atoms with Crippen molar-refractivity contribution in [1.82, 2.24) is 0 Å². The monoisotopic (exact) mass is 142 g/mol. The predicted molar refractivity (Wildman–Crippen MR) is 37.8 cm³/mol. The molecule has 0 nitrogen and oxygen atoms in total. The highest BCUT2D eigenvalue weighted by molar-refractivity contribution is 8.78. The van der Waals surface area contributed by atoms with Gasteiger partial charge in [-0.15, -0.1) is 0 Å². The Morgan fingerprint density at radius 3 is 2.20 bits per heavy atom. The Morgan fingerprint density at radius 2 is 2.20 bits per heavy atom. The molecule has 1 heterocycles. The quantitative estimate of drug-likeness (QED) is 0.528. The second-order valence-electron chi connectivity index (χ2n) is 0.783. The molecule has 0 aliphatic carbocycles. The van der Waals surface area contributed by atoms with E-state index in [1.54, 1.807) is 0 Å². The molecule has 0 radical (unpaired) electrons. The molecule has 1 aromatic rings. The molecular formula is CH6P4. The molecule has 0 N–H and O–H groups in total. The first kappa shape index (κ1) is 4.49. The van der Waals surface area contributed by atoms with Crippen molar-refractivity contribution in [2.24, 2.45) is 0 Å². The van der Waals surface area contributed by atoms with Gasteiger partial charge in [0.1, 0.15) is 0 Å². The van der Waals surface area contributed by atoms with Crippen molar-refractivity contribution in [2.45, 2.75) is 0 Å². The van der Waals surface area contributed by atoms with Gasteiger partial charge >= 0.3 is 0 Å². The van der Waals surface area contributed by atoms with E-state index in [9.17, 15) is 0 Å². The fourth-order valence-electron chi connectivity index (χ4n) is 0.137. The molecule has 1 aromatic heterocycles. The molecule has 0 saturated heterocycles. The highest BCUT2D eigenvalue weighted by atomic mass is 32.8. The van der Waals surface area contributed by atoms with Crippen molar-refractivity contribution >= 4 is 29.9 Å². The van der Waals surface area contributed by atoms with Crippen LogP contribution in [0.25, 0.3) is 0 Å². The summed E-state index contributed by atoms with van der Waals surface area (Å²) in [5.74, 6) is 0. The summed E-state index contributed by atoms with van der Waals surface area (Å²) >= 11 is 0. The first-order valence-corrected chi connectivity index (χ1v) is 9.79. The molecule has 30 valence electrons. The average Bonchev–Trinajstić information content (AvgIpc) is 2.12. The van der Waals surface area contributed by atoms with Crippen LogP contribution in [-0.2, 0) is 0 Å². The van der Waals surface area contributed by atoms with E-state index >= 15 is 0 Å². The maximum atomic E-state index is 2.33. The third kappa shape index (κ3) is 1.48. The van der Waals surface area contributed by atoms with Crippen molar-refractivity contribution in [3.63, 3.8) is 0 Å². The zero-order chi connectivity index (χ0) is 3.70. The Balaban J connectivity index is 2.35. The normalized spacial score (nSPS) is 19.0. The lowest BCUT2D eigenvalue weighted by molar-refractivity contribution is 2.51. The molecule has 0 spiro atoms. The molecule has 5 heavy (non-hydrogen) atoms. The summed E-state index contributed by atoms with van der Waals surface area (Å²) in [5, 5.41) is 0. The molecule has 0 bridgehead atoms. The molecule has 3 unspecified atom stereocenters. The van der Waals surface area contributed by atoms with Crippen molar-refractivity contribution in [3.05, 3.63) is 0 Å². The molecule has 0 aliphatic rings. The maximum Gasteiger partial charge on any atom is -0.0392 e. The third-order valence-electron chi connectivity index (χ3n) is 0.447. The van der Waals surface area contributed by atoms with E-state index in [1.165, 1.54) is 23.4 Å². The van der Waals surface area contributed by atoms with Gasteiger partial charge in [-0.05, 0) is 6.66 Å². The summed E-state index contributed by atoms with van der Waals surface area (Å²) in [6, 6.07) is 0. The third-order valence-corrected chi connectivity index (χ3v) is 18.1. The van der Waals surface area contributed by atoms with Crippen LogP contribution in [-0.4, -0.2) is 6.66 Å². The van der Waals surface area contributed by atoms with Gasteiger partial charge in [-0.2, -0.15) is 0 Å². The minimum Gasteiger partial charge on any atom is -0.0897 e. The van der Waals surface area contributed by atoms with E-state index in [0.29, 0.717) is 0 Å². The van der Waals surface area contributed by atoms with Crippen LogP contribution in [0.1, 0.15) is 0 Å². The second-order valence-corrected chi connectivity index (χ2v) is 17.1. The van der Waals surface area contributed by atoms with Gasteiger partial charge in [0.2, 0.25) is 0 Å². The zero-order valence-electron chi connectivity index (χ0n) is 2.95. The number of rotatable bonds is 1. The molecule has 0 saturated carbocycles. The van der Waals surface area contributed by atoms with Crippen LogP contribution in [0, 0.1) is 0 Å². The van der Waals surface area contributed by atoms with Crippen molar-refractivity contribution in [3.8, 4) is 0 Å². The smallest absolute Gasteiger partial charge is 0.0392 e. The average molecular weight is 142 g/mol. The number of hydrogen-bond donors (Lipinski definition) is 0. The summed E-state index contributed by atoms with van der Waals surface area (Å²) in [4.78, 5) is 0. The molecule has 0 aliphatic heterocycles. The SMILES string of the molecule is CPp1[pH][pH]1. The summed E-state index contributed by atoms with van der Waals surface area (Å²) in [6.07, 6.45) is 0. The van der Waals surface area contributed by atoms with Crippen LogP contribution in [0.5, 0.6) is 0 Å². The van der Waals surface area contributed by atoms with Crippen LogP contribution in [0.4, 0.5) is 0 Å². The van der Waals surface area contributed by atoms with Gasteiger partial charge in [0.25, 0.3) is 0 Å². The van der Waals surface area contributed by atoms with E-state index in [4.69, 9.17) is 0 Å². The van der Waals surface area contributed by atoms with Crippen LogP contribution in [0.3, 0.4) is 0 Å². The van der Waals surface area contributed by atoms with Crippen LogP contribution < -0.4 is 0 Å². The molecule has 1 rings (SSSR count). The first-order valence-electron chi connectivity index (χ1n) is 1.42. The van der Waals surface area contributed by atoms with E-state index in [0.717, 1.165) is 6.58 Å². The largest absolute Gasteiger partial charge is 0.0897 e. The van der Waals surface area contributed by atoms with Crippen molar-refractivity contribution in [2.75, 3.05) is 6.66 Å². The Morgan fingerprint density at radius 1 is 1.60 bits per heavy atom. The van der Waals surface area contributed by atoms with E-state index in [-0.39, 0.29) is 0 Å². The van der Waals surface area contributed by atoms with Gasteiger partial charge < -0.3 is 0 Å². The Kier molecular flexibility index (Phi) is 1.67. The van der Waals surface area contributed by atoms with Gasteiger partial charge in [-0.1, -0.05) is 29.9 Å². The zero-order valence-corrected chi connectivity index (χ0v) is 6.84. The molecule has 0 fully saturated rings. The van der Waals surface area contributed by atoms with Gasteiger partial charge in [0, 0.05) is 0 Å². The standard InChI is InChI=1S/CH6P4/c1-2-5-3-4-5/h2-4H,1H3. The topological polar surface area (TPSA) is 0 Å². The van der Waals surface area contributed by atoms with E-state index in [2.05, 4.69) is 6.66 Å². The Bertz CT molecular complexity index is 72.1. The number of hydrogen-bond acceptors (Lipinski definition) is 0. The van der Waals surface area contributed by atoms with Crippen molar-refractivity contribution in [1.29, 1.82) is 0 Å². The summed E-state index contributed by atoms with van der Waals surface area (Å²) in [6.45, 7) is 3.07. The molecule has 4 heteroatoms. The van der Waals surface area contributed by atoms with E-state index < -0.39 is 0 Å². The minimum absolute atomic E-state index is 0.735. The van der Waals surface area contributed by atoms with Gasteiger partial charge in [0.05, 0.1) is 0 Å². The lowest BCUT2D eigenvalue weighted by atomic mass is 12.0. The maximum absolute atomic E-state index is 2.33. The Labute approximate surface area is 37.3 Å². The lowest BCUT2D eigenvalue weighted by Crippen LogP contribution is -1.04. The highest BCUT2D eigenvalue weighted by Gasteiger charge is 1.85. The van der Waals surface area contributed by atoms with Gasteiger partial charge in [-0.25, -0.2) is 0 Å². The van der Waals surface area contributed by atoms with Gasteiger partial charge in [-0.3, -0.25) is 0 Å². The first-order chi connectivity index (χ1) is 2.43. The van der Waals surface area contributed by atoms with Crippen LogP contribution in [0.2, 0.25) is 0 Å². The Hall–Kier alpha value is 1.33. The summed E-state index contributed by atoms with van der Waals surface area (Å²) in [5.41, 5.74) is 0. The van der Waals surface area contributed by atoms with Gasteiger partial charge in [0.15, 0.2) is 0 Å².